The van der Waals surface area contributed by atoms with Gasteiger partial charge in [0.2, 0.25) is 5.89 Å². The lowest BCUT2D eigenvalue weighted by Gasteiger charge is -2.07. The van der Waals surface area contributed by atoms with Crippen LogP contribution in [0.15, 0.2) is 34.9 Å². The summed E-state index contributed by atoms with van der Waals surface area (Å²) in [6.07, 6.45) is 4.29. The largest absolute Gasteiger partial charge is 0.493 e. The lowest BCUT2D eigenvalue weighted by molar-refractivity contribution is 0.340. The molecule has 0 saturated heterocycles. The Morgan fingerprint density at radius 1 is 1.37 bits per heavy atom. The quantitative estimate of drug-likeness (QED) is 0.865. The lowest BCUT2D eigenvalue weighted by Crippen LogP contribution is -2.15. The number of hydrogen-bond acceptors (Lipinski definition) is 4. The highest BCUT2D eigenvalue weighted by atomic mass is 16.5. The van der Waals surface area contributed by atoms with E-state index in [2.05, 4.69) is 10.3 Å². The summed E-state index contributed by atoms with van der Waals surface area (Å²) in [5, 5.41) is 3.39. The number of benzene rings is 1. The van der Waals surface area contributed by atoms with Crippen LogP contribution in [0.25, 0.3) is 11.3 Å². The Labute approximate surface area is 112 Å². The molecule has 1 aromatic heterocycles. The highest BCUT2D eigenvalue weighted by molar-refractivity contribution is 5.64. The summed E-state index contributed by atoms with van der Waals surface area (Å²) in [6.45, 7) is 3.31. The molecular weight excluding hydrogens is 240 g/mol. The minimum Gasteiger partial charge on any atom is -0.493 e. The molecule has 1 aliphatic rings. The van der Waals surface area contributed by atoms with E-state index < -0.39 is 0 Å². The molecule has 19 heavy (non-hydrogen) atoms. The molecular formula is C15H18N2O2. The van der Waals surface area contributed by atoms with E-state index in [-0.39, 0.29) is 0 Å². The van der Waals surface area contributed by atoms with Crippen LogP contribution in [-0.2, 0) is 6.54 Å². The van der Waals surface area contributed by atoms with Crippen molar-refractivity contribution in [2.24, 2.45) is 0 Å². The predicted octanol–water partition coefficient (Wildman–Crippen LogP) is 2.99. The Morgan fingerprint density at radius 3 is 3.00 bits per heavy atom. The van der Waals surface area contributed by atoms with Crippen molar-refractivity contribution in [1.82, 2.24) is 10.3 Å². The Hall–Kier alpha value is -1.81. The third-order valence-corrected chi connectivity index (χ3v) is 3.13. The zero-order valence-electron chi connectivity index (χ0n) is 11.1. The van der Waals surface area contributed by atoms with Crippen LogP contribution in [0.4, 0.5) is 0 Å². The van der Waals surface area contributed by atoms with Gasteiger partial charge in [0, 0.05) is 6.04 Å². The van der Waals surface area contributed by atoms with Crippen LogP contribution >= 0.6 is 0 Å². The van der Waals surface area contributed by atoms with Gasteiger partial charge >= 0.3 is 0 Å². The van der Waals surface area contributed by atoms with Gasteiger partial charge in [0.05, 0.1) is 24.9 Å². The lowest BCUT2D eigenvalue weighted by atomic mass is 10.1. The van der Waals surface area contributed by atoms with E-state index in [1.807, 2.05) is 31.2 Å². The Balaban J connectivity index is 1.77. The Kier molecular flexibility index (Phi) is 3.51. The fraction of sp³-hybridized carbons (Fsp3) is 0.400. The monoisotopic (exact) mass is 258 g/mol. The molecule has 1 fully saturated rings. The maximum absolute atomic E-state index is 5.78. The summed E-state index contributed by atoms with van der Waals surface area (Å²) in [5.74, 6) is 2.33. The van der Waals surface area contributed by atoms with E-state index in [1.54, 1.807) is 6.20 Å². The molecule has 1 aromatic carbocycles. The summed E-state index contributed by atoms with van der Waals surface area (Å²) in [6, 6.07) is 8.53. The molecule has 1 heterocycles. The van der Waals surface area contributed by atoms with E-state index in [4.69, 9.17) is 9.15 Å². The number of ether oxygens (including phenoxy) is 1. The number of para-hydroxylation sites is 1. The molecule has 0 amide bonds. The molecule has 4 heteroatoms. The average molecular weight is 258 g/mol. The second-order valence-electron chi connectivity index (χ2n) is 4.70. The average Bonchev–Trinajstić information content (AvgIpc) is 3.15. The van der Waals surface area contributed by atoms with Crippen LogP contribution in [0.5, 0.6) is 5.75 Å². The van der Waals surface area contributed by atoms with Crippen LogP contribution < -0.4 is 10.1 Å². The Bertz CT molecular complexity index is 547. The first kappa shape index (κ1) is 12.2. The van der Waals surface area contributed by atoms with Crippen molar-refractivity contribution in [3.05, 3.63) is 36.4 Å². The van der Waals surface area contributed by atoms with Crippen molar-refractivity contribution >= 4 is 0 Å². The van der Waals surface area contributed by atoms with Crippen LogP contribution in [0.3, 0.4) is 0 Å². The van der Waals surface area contributed by atoms with Crippen LogP contribution in [-0.4, -0.2) is 17.6 Å². The molecule has 1 aliphatic carbocycles. The van der Waals surface area contributed by atoms with Gasteiger partial charge in [-0.1, -0.05) is 12.1 Å². The number of hydrogen-bond donors (Lipinski definition) is 1. The molecule has 0 spiro atoms. The Morgan fingerprint density at radius 2 is 2.21 bits per heavy atom. The van der Waals surface area contributed by atoms with E-state index in [1.165, 1.54) is 12.8 Å². The third kappa shape index (κ3) is 2.96. The van der Waals surface area contributed by atoms with Crippen LogP contribution in [0.2, 0.25) is 0 Å². The van der Waals surface area contributed by atoms with Gasteiger partial charge in [-0.05, 0) is 31.9 Å². The van der Waals surface area contributed by atoms with Crippen molar-refractivity contribution in [2.75, 3.05) is 6.61 Å². The minimum atomic E-state index is 0.640. The van der Waals surface area contributed by atoms with Crippen molar-refractivity contribution in [3.63, 3.8) is 0 Å². The highest BCUT2D eigenvalue weighted by Gasteiger charge is 2.21. The van der Waals surface area contributed by atoms with Gasteiger partial charge in [0.15, 0.2) is 5.76 Å². The van der Waals surface area contributed by atoms with E-state index in [0.717, 1.165) is 23.0 Å². The van der Waals surface area contributed by atoms with Crippen molar-refractivity contribution in [2.45, 2.75) is 32.4 Å². The first-order valence-electron chi connectivity index (χ1n) is 6.77. The predicted molar refractivity (Wildman–Crippen MR) is 73.0 cm³/mol. The summed E-state index contributed by atoms with van der Waals surface area (Å²) >= 11 is 0. The molecule has 0 unspecified atom stereocenters. The first-order chi connectivity index (χ1) is 9.36. The second-order valence-corrected chi connectivity index (χ2v) is 4.70. The van der Waals surface area contributed by atoms with Crippen molar-refractivity contribution < 1.29 is 9.15 Å². The smallest absolute Gasteiger partial charge is 0.208 e. The van der Waals surface area contributed by atoms with Gasteiger partial charge in [-0.3, -0.25) is 0 Å². The van der Waals surface area contributed by atoms with Gasteiger partial charge in [-0.25, -0.2) is 4.98 Å². The zero-order chi connectivity index (χ0) is 13.1. The van der Waals surface area contributed by atoms with E-state index >= 15 is 0 Å². The molecule has 100 valence electrons. The SMILES string of the molecule is CCOc1ccccc1-c1cnc(CNC2CC2)o1. The summed E-state index contributed by atoms with van der Waals surface area (Å²) in [4.78, 5) is 4.31. The summed E-state index contributed by atoms with van der Waals surface area (Å²) < 4.78 is 11.4. The third-order valence-electron chi connectivity index (χ3n) is 3.13. The first-order valence-corrected chi connectivity index (χ1v) is 6.77. The number of rotatable bonds is 6. The fourth-order valence-corrected chi connectivity index (χ4v) is 1.99. The molecule has 0 aliphatic heterocycles. The van der Waals surface area contributed by atoms with E-state index in [9.17, 15) is 0 Å². The van der Waals surface area contributed by atoms with Gasteiger partial charge < -0.3 is 14.5 Å². The van der Waals surface area contributed by atoms with Crippen molar-refractivity contribution in [1.29, 1.82) is 0 Å². The molecule has 4 nitrogen and oxygen atoms in total. The maximum Gasteiger partial charge on any atom is 0.208 e. The summed E-state index contributed by atoms with van der Waals surface area (Å²) in [5.41, 5.74) is 0.953. The number of nitrogens with one attached hydrogen (secondary N) is 1. The minimum absolute atomic E-state index is 0.640. The molecule has 0 atom stereocenters. The number of nitrogens with zero attached hydrogens (tertiary/aromatic N) is 1. The molecule has 0 radical (unpaired) electrons. The zero-order valence-corrected chi connectivity index (χ0v) is 11.1. The normalized spacial score (nSPS) is 14.6. The molecule has 1 saturated carbocycles. The van der Waals surface area contributed by atoms with Gasteiger partial charge in [0.1, 0.15) is 5.75 Å². The number of oxazole rings is 1. The topological polar surface area (TPSA) is 47.3 Å². The molecule has 0 bridgehead atoms. The molecule has 1 N–H and O–H groups in total. The number of aromatic nitrogens is 1. The van der Waals surface area contributed by atoms with Crippen molar-refractivity contribution in [3.8, 4) is 17.1 Å². The van der Waals surface area contributed by atoms with Gasteiger partial charge in [-0.2, -0.15) is 0 Å². The molecule has 3 rings (SSSR count). The molecule has 2 aromatic rings. The maximum atomic E-state index is 5.78. The van der Waals surface area contributed by atoms with Crippen LogP contribution in [0, 0.1) is 0 Å². The fourth-order valence-electron chi connectivity index (χ4n) is 1.99. The highest BCUT2D eigenvalue weighted by Crippen LogP contribution is 2.30. The standard InChI is InChI=1S/C15H18N2O2/c1-2-18-13-6-4-3-5-12(13)14-9-17-15(19-14)10-16-11-7-8-11/h3-6,9,11,16H,2,7-8,10H2,1H3. The van der Waals surface area contributed by atoms with Gasteiger partial charge in [0.25, 0.3) is 0 Å². The van der Waals surface area contributed by atoms with Crippen LogP contribution in [0.1, 0.15) is 25.7 Å². The summed E-state index contributed by atoms with van der Waals surface area (Å²) in [7, 11) is 0. The van der Waals surface area contributed by atoms with Gasteiger partial charge in [-0.15, -0.1) is 0 Å². The van der Waals surface area contributed by atoms with E-state index in [0.29, 0.717) is 19.2 Å². The second kappa shape index (κ2) is 5.45.